The Morgan fingerprint density at radius 1 is 1.14 bits per heavy atom. The SMILES string of the molecule is COCCOCCCC(C)CC(C)Cl. The van der Waals surface area contributed by atoms with Gasteiger partial charge in [0.25, 0.3) is 0 Å². The van der Waals surface area contributed by atoms with Crippen LogP contribution in [-0.2, 0) is 9.47 Å². The number of hydrogen-bond acceptors (Lipinski definition) is 2. The molecular formula is C11H23ClO2. The maximum atomic E-state index is 5.91. The van der Waals surface area contributed by atoms with Gasteiger partial charge in [0.05, 0.1) is 13.2 Å². The number of alkyl halides is 1. The van der Waals surface area contributed by atoms with Crippen LogP contribution in [0.5, 0.6) is 0 Å². The van der Waals surface area contributed by atoms with Crippen molar-refractivity contribution in [3.8, 4) is 0 Å². The maximum Gasteiger partial charge on any atom is 0.0700 e. The highest BCUT2D eigenvalue weighted by molar-refractivity contribution is 6.20. The summed E-state index contributed by atoms with van der Waals surface area (Å²) >= 11 is 5.91. The summed E-state index contributed by atoms with van der Waals surface area (Å²) in [5.74, 6) is 0.702. The largest absolute Gasteiger partial charge is 0.382 e. The lowest BCUT2D eigenvalue weighted by atomic mass is 10.0. The standard InChI is InChI=1S/C11H23ClO2/c1-10(9-11(2)12)5-4-6-14-8-7-13-3/h10-11H,4-9H2,1-3H3. The number of ether oxygens (including phenoxy) is 2. The van der Waals surface area contributed by atoms with Crippen LogP contribution in [0.4, 0.5) is 0 Å². The molecule has 0 aromatic carbocycles. The smallest absolute Gasteiger partial charge is 0.0700 e. The van der Waals surface area contributed by atoms with E-state index in [1.54, 1.807) is 7.11 Å². The zero-order valence-electron chi connectivity index (χ0n) is 9.59. The molecule has 0 N–H and O–H groups in total. The van der Waals surface area contributed by atoms with Crippen LogP contribution >= 0.6 is 11.6 Å². The Kier molecular flexibility index (Phi) is 9.90. The van der Waals surface area contributed by atoms with Gasteiger partial charge in [-0.25, -0.2) is 0 Å². The van der Waals surface area contributed by atoms with Crippen LogP contribution in [0.2, 0.25) is 0 Å². The van der Waals surface area contributed by atoms with Crippen LogP contribution < -0.4 is 0 Å². The fourth-order valence-electron chi connectivity index (χ4n) is 1.45. The van der Waals surface area contributed by atoms with Gasteiger partial charge in [-0.15, -0.1) is 11.6 Å². The summed E-state index contributed by atoms with van der Waals surface area (Å²) in [5, 5.41) is 0.291. The summed E-state index contributed by atoms with van der Waals surface area (Å²) in [6.45, 7) is 6.52. The summed E-state index contributed by atoms with van der Waals surface area (Å²) in [7, 11) is 1.69. The van der Waals surface area contributed by atoms with E-state index in [2.05, 4.69) is 6.92 Å². The molecule has 2 atom stereocenters. The van der Waals surface area contributed by atoms with E-state index in [0.29, 0.717) is 24.5 Å². The molecule has 0 aliphatic heterocycles. The predicted molar refractivity (Wildman–Crippen MR) is 61.0 cm³/mol. The van der Waals surface area contributed by atoms with E-state index in [0.717, 1.165) is 19.4 Å². The van der Waals surface area contributed by atoms with Crippen LogP contribution in [0.25, 0.3) is 0 Å². The van der Waals surface area contributed by atoms with Gasteiger partial charge in [-0.3, -0.25) is 0 Å². The van der Waals surface area contributed by atoms with Crippen LogP contribution in [-0.4, -0.2) is 32.3 Å². The molecule has 0 aliphatic rings. The Balaban J connectivity index is 3.10. The van der Waals surface area contributed by atoms with Gasteiger partial charge in [0.1, 0.15) is 0 Å². The van der Waals surface area contributed by atoms with Crippen molar-refractivity contribution in [2.24, 2.45) is 5.92 Å². The summed E-state index contributed by atoms with van der Waals surface area (Å²) in [6, 6.07) is 0. The van der Waals surface area contributed by atoms with Gasteiger partial charge in [-0.2, -0.15) is 0 Å². The first-order valence-electron chi connectivity index (χ1n) is 5.37. The molecule has 3 heteroatoms. The Hall–Kier alpha value is 0.210. The molecule has 0 spiro atoms. The molecule has 0 bridgehead atoms. The Bertz CT molecular complexity index is 118. The second kappa shape index (κ2) is 9.75. The summed E-state index contributed by atoms with van der Waals surface area (Å²) in [4.78, 5) is 0. The van der Waals surface area contributed by atoms with Gasteiger partial charge >= 0.3 is 0 Å². The first-order chi connectivity index (χ1) is 6.66. The predicted octanol–water partition coefficient (Wildman–Crippen LogP) is 3.08. The Morgan fingerprint density at radius 3 is 2.43 bits per heavy atom. The molecule has 0 aromatic heterocycles. The van der Waals surface area contributed by atoms with Gasteiger partial charge < -0.3 is 9.47 Å². The number of rotatable bonds is 9. The van der Waals surface area contributed by atoms with Crippen LogP contribution in [0.15, 0.2) is 0 Å². The van der Waals surface area contributed by atoms with Gasteiger partial charge in [-0.1, -0.05) is 6.92 Å². The first kappa shape index (κ1) is 14.2. The molecule has 2 nitrogen and oxygen atoms in total. The fourth-order valence-corrected chi connectivity index (χ4v) is 1.75. The van der Waals surface area contributed by atoms with Gasteiger partial charge in [-0.05, 0) is 32.1 Å². The number of hydrogen-bond donors (Lipinski definition) is 0. The van der Waals surface area contributed by atoms with Gasteiger partial charge in [0, 0.05) is 19.1 Å². The van der Waals surface area contributed by atoms with E-state index in [4.69, 9.17) is 21.1 Å². The van der Waals surface area contributed by atoms with E-state index in [1.807, 2.05) is 6.92 Å². The van der Waals surface area contributed by atoms with Crippen LogP contribution in [0, 0.1) is 5.92 Å². The molecule has 2 unspecified atom stereocenters. The van der Waals surface area contributed by atoms with Gasteiger partial charge in [0.2, 0.25) is 0 Å². The molecule has 0 fully saturated rings. The number of halogens is 1. The minimum absolute atomic E-state index is 0.291. The molecule has 0 heterocycles. The van der Waals surface area contributed by atoms with Crippen molar-refractivity contribution in [3.63, 3.8) is 0 Å². The zero-order chi connectivity index (χ0) is 10.8. The third-order valence-electron chi connectivity index (χ3n) is 2.14. The van der Waals surface area contributed by atoms with Crippen molar-refractivity contribution >= 4 is 11.6 Å². The third kappa shape index (κ3) is 10.3. The van der Waals surface area contributed by atoms with E-state index in [9.17, 15) is 0 Å². The van der Waals surface area contributed by atoms with Crippen molar-refractivity contribution in [2.45, 2.75) is 38.5 Å². The van der Waals surface area contributed by atoms with E-state index in [-0.39, 0.29) is 0 Å². The average Bonchev–Trinajstić information content (AvgIpc) is 2.10. The molecule has 0 amide bonds. The zero-order valence-corrected chi connectivity index (χ0v) is 10.3. The van der Waals surface area contributed by atoms with Crippen molar-refractivity contribution < 1.29 is 9.47 Å². The summed E-state index contributed by atoms with van der Waals surface area (Å²) < 4.78 is 10.3. The lowest BCUT2D eigenvalue weighted by molar-refractivity contribution is 0.0673. The normalized spacial score (nSPS) is 15.4. The highest BCUT2D eigenvalue weighted by Crippen LogP contribution is 2.15. The van der Waals surface area contributed by atoms with Crippen molar-refractivity contribution in [3.05, 3.63) is 0 Å². The summed E-state index contributed by atoms with van der Waals surface area (Å²) in [6.07, 6.45) is 3.41. The van der Waals surface area contributed by atoms with E-state index in [1.165, 1.54) is 6.42 Å². The second-order valence-corrected chi connectivity index (χ2v) is 4.61. The molecule has 0 aliphatic carbocycles. The Morgan fingerprint density at radius 2 is 1.86 bits per heavy atom. The molecule has 0 saturated carbocycles. The van der Waals surface area contributed by atoms with Crippen LogP contribution in [0.3, 0.4) is 0 Å². The topological polar surface area (TPSA) is 18.5 Å². The molecule has 0 rings (SSSR count). The van der Waals surface area contributed by atoms with E-state index < -0.39 is 0 Å². The van der Waals surface area contributed by atoms with Crippen LogP contribution in [0.1, 0.15) is 33.1 Å². The minimum Gasteiger partial charge on any atom is -0.382 e. The molecule has 86 valence electrons. The molecule has 0 saturated heterocycles. The molecular weight excluding hydrogens is 200 g/mol. The maximum absolute atomic E-state index is 5.91. The Labute approximate surface area is 92.9 Å². The minimum atomic E-state index is 0.291. The molecule has 0 radical (unpaired) electrons. The lowest BCUT2D eigenvalue weighted by Crippen LogP contribution is -2.06. The number of methoxy groups -OCH3 is 1. The highest BCUT2D eigenvalue weighted by atomic mass is 35.5. The quantitative estimate of drug-likeness (QED) is 0.441. The van der Waals surface area contributed by atoms with Crippen molar-refractivity contribution in [1.82, 2.24) is 0 Å². The third-order valence-corrected chi connectivity index (χ3v) is 2.32. The average molecular weight is 223 g/mol. The highest BCUT2D eigenvalue weighted by Gasteiger charge is 2.05. The van der Waals surface area contributed by atoms with Crippen molar-refractivity contribution in [2.75, 3.05) is 26.9 Å². The monoisotopic (exact) mass is 222 g/mol. The lowest BCUT2D eigenvalue weighted by Gasteiger charge is -2.12. The molecule has 14 heavy (non-hydrogen) atoms. The fraction of sp³-hybridized carbons (Fsp3) is 1.00. The first-order valence-corrected chi connectivity index (χ1v) is 5.81. The van der Waals surface area contributed by atoms with E-state index >= 15 is 0 Å². The second-order valence-electron chi connectivity index (χ2n) is 3.87. The van der Waals surface area contributed by atoms with Crippen molar-refractivity contribution in [1.29, 1.82) is 0 Å². The van der Waals surface area contributed by atoms with Gasteiger partial charge in [0.15, 0.2) is 0 Å². The summed E-state index contributed by atoms with van der Waals surface area (Å²) in [5.41, 5.74) is 0. The molecule has 0 aromatic rings.